The normalized spacial score (nSPS) is 10.7. The molecule has 0 saturated heterocycles. The molecule has 0 unspecified atom stereocenters. The summed E-state index contributed by atoms with van der Waals surface area (Å²) in [6, 6.07) is 14.6. The Labute approximate surface area is 180 Å². The number of carbonyl (C=O) groups excluding carboxylic acids is 1. The van der Waals surface area contributed by atoms with E-state index in [0.717, 1.165) is 5.56 Å². The van der Waals surface area contributed by atoms with E-state index in [2.05, 4.69) is 20.9 Å². The monoisotopic (exact) mass is 506 g/mol. The molecule has 0 fully saturated rings. The minimum atomic E-state index is -0.200. The Morgan fingerprint density at radius 3 is 2.42 bits per heavy atom. The maximum Gasteiger partial charge on any atom is 0.252 e. The van der Waals surface area contributed by atoms with E-state index in [9.17, 15) is 4.79 Å². The summed E-state index contributed by atoms with van der Waals surface area (Å²) >= 11 is 12.0. The van der Waals surface area contributed by atoms with Crippen molar-refractivity contribution in [3.8, 4) is 0 Å². The maximum absolute atomic E-state index is 12.0. The molecule has 0 aromatic heterocycles. The molecule has 2 aromatic rings. The van der Waals surface area contributed by atoms with Gasteiger partial charge in [-0.1, -0.05) is 47.5 Å². The molecule has 0 atom stereocenters. The highest BCUT2D eigenvalue weighted by Gasteiger charge is 2.08. The van der Waals surface area contributed by atoms with Gasteiger partial charge in [0.05, 0.1) is 10.6 Å². The van der Waals surface area contributed by atoms with Gasteiger partial charge >= 0.3 is 0 Å². The number of guanidine groups is 1. The quantitative estimate of drug-likeness (QED) is 0.242. The summed E-state index contributed by atoms with van der Waals surface area (Å²) in [7, 11) is 1.69. The first kappa shape index (κ1) is 22.5. The van der Waals surface area contributed by atoms with Crippen LogP contribution in [0.2, 0.25) is 10.0 Å². The van der Waals surface area contributed by atoms with Gasteiger partial charge in [0.2, 0.25) is 0 Å². The second kappa shape index (κ2) is 12.0. The van der Waals surface area contributed by atoms with Gasteiger partial charge in [-0.2, -0.15) is 0 Å². The number of amides is 1. The van der Waals surface area contributed by atoms with Gasteiger partial charge in [-0.25, -0.2) is 0 Å². The van der Waals surface area contributed by atoms with Gasteiger partial charge in [0.25, 0.3) is 5.91 Å². The lowest BCUT2D eigenvalue weighted by Gasteiger charge is -2.13. The molecule has 2 rings (SSSR count). The molecule has 140 valence electrons. The molecule has 0 aliphatic heterocycles. The topological polar surface area (TPSA) is 65.5 Å². The van der Waals surface area contributed by atoms with Gasteiger partial charge in [0.1, 0.15) is 0 Å². The van der Waals surface area contributed by atoms with Crippen molar-refractivity contribution < 1.29 is 4.79 Å². The fourth-order valence-corrected chi connectivity index (χ4v) is 2.59. The third-order valence-electron chi connectivity index (χ3n) is 3.39. The summed E-state index contributed by atoms with van der Waals surface area (Å²) in [6.45, 7) is 1.58. The molecule has 0 aliphatic rings. The first-order valence-corrected chi connectivity index (χ1v) is 8.57. The van der Waals surface area contributed by atoms with Crippen LogP contribution in [0.3, 0.4) is 0 Å². The third-order valence-corrected chi connectivity index (χ3v) is 3.96. The zero-order chi connectivity index (χ0) is 18.1. The number of carbonyl (C=O) groups is 1. The number of halogens is 3. The number of nitrogens with zero attached hydrogens (tertiary/aromatic N) is 1. The summed E-state index contributed by atoms with van der Waals surface area (Å²) in [5, 5.41) is 10.3. The lowest BCUT2D eigenvalue weighted by Crippen LogP contribution is -2.41. The summed E-state index contributed by atoms with van der Waals surface area (Å²) in [5.74, 6) is 0.446. The Balaban J connectivity index is 0.00000338. The molecule has 0 radical (unpaired) electrons. The van der Waals surface area contributed by atoms with Crippen LogP contribution in [0.15, 0.2) is 53.5 Å². The van der Waals surface area contributed by atoms with Crippen LogP contribution < -0.4 is 16.0 Å². The van der Waals surface area contributed by atoms with Crippen molar-refractivity contribution in [1.29, 1.82) is 0 Å². The fourth-order valence-electron chi connectivity index (χ4n) is 2.15. The van der Waals surface area contributed by atoms with Gasteiger partial charge in [0.15, 0.2) is 5.96 Å². The van der Waals surface area contributed by atoms with E-state index < -0.39 is 0 Å². The molecule has 3 N–H and O–H groups in total. The maximum atomic E-state index is 12.0. The highest BCUT2D eigenvalue weighted by Crippen LogP contribution is 2.14. The Morgan fingerprint density at radius 2 is 1.73 bits per heavy atom. The molecule has 0 spiro atoms. The van der Waals surface area contributed by atoms with Crippen molar-refractivity contribution in [3.05, 3.63) is 69.7 Å². The lowest BCUT2D eigenvalue weighted by atomic mass is 10.2. The SMILES string of the molecule is CN=C(NCCNC(=O)c1ccccc1Cl)NCc1cccc(Cl)c1.I. The van der Waals surface area contributed by atoms with Gasteiger partial charge in [-0.3, -0.25) is 9.79 Å². The molecule has 0 bridgehead atoms. The van der Waals surface area contributed by atoms with E-state index in [4.69, 9.17) is 23.2 Å². The predicted octanol–water partition coefficient (Wildman–Crippen LogP) is 3.71. The second-order valence-electron chi connectivity index (χ2n) is 5.22. The van der Waals surface area contributed by atoms with Gasteiger partial charge in [-0.05, 0) is 29.8 Å². The van der Waals surface area contributed by atoms with Crippen molar-refractivity contribution in [2.24, 2.45) is 4.99 Å². The van der Waals surface area contributed by atoms with E-state index in [1.165, 1.54) is 0 Å². The van der Waals surface area contributed by atoms with Crippen LogP contribution >= 0.6 is 47.2 Å². The van der Waals surface area contributed by atoms with Gasteiger partial charge in [0, 0.05) is 31.7 Å². The Morgan fingerprint density at radius 1 is 1.00 bits per heavy atom. The Bertz CT molecular complexity index is 755. The van der Waals surface area contributed by atoms with E-state index in [0.29, 0.717) is 41.2 Å². The van der Waals surface area contributed by atoms with Crippen LogP contribution in [0.25, 0.3) is 0 Å². The molecule has 26 heavy (non-hydrogen) atoms. The van der Waals surface area contributed by atoms with E-state index >= 15 is 0 Å². The van der Waals surface area contributed by atoms with Crippen LogP contribution in [0, 0.1) is 0 Å². The average Bonchev–Trinajstić information content (AvgIpc) is 2.61. The first-order chi connectivity index (χ1) is 12.1. The zero-order valence-electron chi connectivity index (χ0n) is 14.3. The van der Waals surface area contributed by atoms with Crippen LogP contribution in [0.1, 0.15) is 15.9 Å². The van der Waals surface area contributed by atoms with Crippen molar-refractivity contribution in [2.75, 3.05) is 20.1 Å². The third kappa shape index (κ3) is 7.39. The number of benzene rings is 2. The lowest BCUT2D eigenvalue weighted by molar-refractivity contribution is 0.0954. The van der Waals surface area contributed by atoms with Gasteiger partial charge in [-0.15, -0.1) is 24.0 Å². The average molecular weight is 507 g/mol. The van der Waals surface area contributed by atoms with Crippen molar-refractivity contribution in [2.45, 2.75) is 6.54 Å². The highest BCUT2D eigenvalue weighted by atomic mass is 127. The standard InChI is InChI=1S/C18H20Cl2N4O.HI/c1-21-18(24-12-13-5-4-6-14(19)11-13)23-10-9-22-17(25)15-7-2-3-8-16(15)20;/h2-8,11H,9-10,12H2,1H3,(H,22,25)(H2,21,23,24);1H. The molecule has 0 heterocycles. The number of nitrogens with one attached hydrogen (secondary N) is 3. The molecule has 1 amide bonds. The summed E-state index contributed by atoms with van der Waals surface area (Å²) < 4.78 is 0. The predicted molar refractivity (Wildman–Crippen MR) is 119 cm³/mol. The van der Waals surface area contributed by atoms with E-state index in [1.807, 2.05) is 24.3 Å². The minimum absolute atomic E-state index is 0. The molecular formula is C18H21Cl2IN4O. The highest BCUT2D eigenvalue weighted by molar-refractivity contribution is 14.0. The largest absolute Gasteiger partial charge is 0.355 e. The minimum Gasteiger partial charge on any atom is -0.355 e. The smallest absolute Gasteiger partial charge is 0.252 e. The fraction of sp³-hybridized carbons (Fsp3) is 0.222. The molecule has 2 aromatic carbocycles. The van der Waals surface area contributed by atoms with Crippen LogP contribution in [-0.2, 0) is 6.54 Å². The molecular weight excluding hydrogens is 486 g/mol. The van der Waals surface area contributed by atoms with Gasteiger partial charge < -0.3 is 16.0 Å². The van der Waals surface area contributed by atoms with Crippen molar-refractivity contribution >= 4 is 59.0 Å². The Hall–Kier alpha value is -1.51. The Kier molecular flexibility index (Phi) is 10.4. The number of hydrogen-bond donors (Lipinski definition) is 3. The summed E-state index contributed by atoms with van der Waals surface area (Å²) in [5.41, 5.74) is 1.52. The van der Waals surface area contributed by atoms with E-state index in [1.54, 1.807) is 31.3 Å². The number of hydrogen-bond acceptors (Lipinski definition) is 2. The van der Waals surface area contributed by atoms with Crippen LogP contribution in [0.4, 0.5) is 0 Å². The van der Waals surface area contributed by atoms with Crippen LogP contribution in [0.5, 0.6) is 0 Å². The molecule has 0 aliphatic carbocycles. The summed E-state index contributed by atoms with van der Waals surface area (Å²) in [6.07, 6.45) is 0. The molecule has 5 nitrogen and oxygen atoms in total. The zero-order valence-corrected chi connectivity index (χ0v) is 18.1. The second-order valence-corrected chi connectivity index (χ2v) is 6.06. The van der Waals surface area contributed by atoms with Crippen molar-refractivity contribution in [1.82, 2.24) is 16.0 Å². The van der Waals surface area contributed by atoms with E-state index in [-0.39, 0.29) is 29.9 Å². The van der Waals surface area contributed by atoms with Crippen LogP contribution in [-0.4, -0.2) is 32.0 Å². The van der Waals surface area contributed by atoms with Crippen molar-refractivity contribution in [3.63, 3.8) is 0 Å². The number of rotatable bonds is 6. The molecule has 8 heteroatoms. The summed E-state index contributed by atoms with van der Waals surface area (Å²) in [4.78, 5) is 16.2. The first-order valence-electron chi connectivity index (χ1n) is 7.82. The molecule has 0 saturated carbocycles. The number of aliphatic imine (C=N–C) groups is 1.